The Balaban J connectivity index is 2.00. The summed E-state index contributed by atoms with van der Waals surface area (Å²) in [6.45, 7) is 6.09. The van der Waals surface area contributed by atoms with Gasteiger partial charge >= 0.3 is 0 Å². The Hall–Kier alpha value is -2.74. The zero-order valence-corrected chi connectivity index (χ0v) is 17.1. The third-order valence-electron chi connectivity index (χ3n) is 5.09. The highest BCUT2D eigenvalue weighted by molar-refractivity contribution is 5.97. The molecular weight excluding hydrogens is 373 g/mol. The van der Waals surface area contributed by atoms with E-state index in [0.717, 1.165) is 24.2 Å². The van der Waals surface area contributed by atoms with Gasteiger partial charge in [-0.25, -0.2) is 9.37 Å². The standard InChI is InChI=1S/C21H28FN5O2/c1-13(2)11-16(19(23)28)24-21(29)18-17-12-26(3)9-4-10-27(17)20(25-18)14-5-7-15(22)8-6-14/h5-8,13,16H,4,9-12H2,1-3H3,(H2,23,28)(H,24,29). The summed E-state index contributed by atoms with van der Waals surface area (Å²) in [6, 6.07) is 5.33. The number of amides is 2. The second-order valence-electron chi connectivity index (χ2n) is 8.04. The van der Waals surface area contributed by atoms with Crippen LogP contribution >= 0.6 is 0 Å². The Morgan fingerprint density at radius 1 is 1.24 bits per heavy atom. The molecule has 0 bridgehead atoms. The van der Waals surface area contributed by atoms with Crippen LogP contribution in [0.4, 0.5) is 4.39 Å². The normalized spacial score (nSPS) is 15.6. The summed E-state index contributed by atoms with van der Waals surface area (Å²) in [5.74, 6) is -0.477. The molecule has 1 aliphatic rings. The topological polar surface area (TPSA) is 93.2 Å². The molecule has 29 heavy (non-hydrogen) atoms. The summed E-state index contributed by atoms with van der Waals surface area (Å²) >= 11 is 0. The van der Waals surface area contributed by atoms with E-state index in [1.54, 1.807) is 12.1 Å². The van der Waals surface area contributed by atoms with Crippen LogP contribution in [0.25, 0.3) is 11.4 Å². The van der Waals surface area contributed by atoms with E-state index in [2.05, 4.69) is 15.2 Å². The summed E-state index contributed by atoms with van der Waals surface area (Å²) in [7, 11) is 1.99. The van der Waals surface area contributed by atoms with Crippen LogP contribution < -0.4 is 11.1 Å². The monoisotopic (exact) mass is 401 g/mol. The van der Waals surface area contributed by atoms with E-state index in [1.807, 2.05) is 25.5 Å². The maximum atomic E-state index is 13.4. The molecule has 1 aromatic carbocycles. The number of nitrogens with two attached hydrogens (primary N) is 1. The lowest BCUT2D eigenvalue weighted by atomic mass is 10.0. The molecule has 7 nitrogen and oxygen atoms in total. The molecule has 2 aromatic rings. The number of halogens is 1. The second kappa shape index (κ2) is 8.73. The number of rotatable bonds is 6. The number of nitrogens with one attached hydrogen (secondary N) is 1. The van der Waals surface area contributed by atoms with Crippen LogP contribution in [-0.2, 0) is 17.9 Å². The number of hydrogen-bond acceptors (Lipinski definition) is 4. The quantitative estimate of drug-likeness (QED) is 0.776. The van der Waals surface area contributed by atoms with Crippen LogP contribution in [-0.4, -0.2) is 45.9 Å². The molecule has 8 heteroatoms. The van der Waals surface area contributed by atoms with Gasteiger partial charge in [0.2, 0.25) is 5.91 Å². The molecule has 1 aliphatic heterocycles. The lowest BCUT2D eigenvalue weighted by Gasteiger charge is -2.18. The summed E-state index contributed by atoms with van der Waals surface area (Å²) in [6.07, 6.45) is 1.37. The molecule has 0 saturated heterocycles. The van der Waals surface area contributed by atoms with Gasteiger partial charge in [-0.1, -0.05) is 13.8 Å². The van der Waals surface area contributed by atoms with Crippen molar-refractivity contribution in [1.29, 1.82) is 0 Å². The van der Waals surface area contributed by atoms with Crippen molar-refractivity contribution in [3.8, 4) is 11.4 Å². The highest BCUT2D eigenvalue weighted by Crippen LogP contribution is 2.26. The van der Waals surface area contributed by atoms with E-state index in [-0.39, 0.29) is 17.4 Å². The van der Waals surface area contributed by atoms with Gasteiger partial charge in [-0.05, 0) is 56.6 Å². The van der Waals surface area contributed by atoms with E-state index < -0.39 is 17.9 Å². The molecule has 1 aromatic heterocycles. The Labute approximate surface area is 170 Å². The zero-order valence-electron chi connectivity index (χ0n) is 17.1. The Kier molecular flexibility index (Phi) is 6.32. The average molecular weight is 401 g/mol. The zero-order chi connectivity index (χ0) is 21.1. The van der Waals surface area contributed by atoms with E-state index in [9.17, 15) is 14.0 Å². The third-order valence-corrected chi connectivity index (χ3v) is 5.09. The summed E-state index contributed by atoms with van der Waals surface area (Å²) < 4.78 is 15.4. The lowest BCUT2D eigenvalue weighted by molar-refractivity contribution is -0.120. The molecule has 2 heterocycles. The number of aromatic nitrogens is 2. The number of benzene rings is 1. The van der Waals surface area contributed by atoms with Crippen molar-refractivity contribution in [2.75, 3.05) is 13.6 Å². The van der Waals surface area contributed by atoms with Gasteiger partial charge in [0, 0.05) is 18.7 Å². The van der Waals surface area contributed by atoms with Gasteiger partial charge in [0.15, 0.2) is 5.69 Å². The van der Waals surface area contributed by atoms with Gasteiger partial charge in [0.05, 0.1) is 5.69 Å². The predicted molar refractivity (Wildman–Crippen MR) is 108 cm³/mol. The molecule has 0 saturated carbocycles. The maximum absolute atomic E-state index is 13.4. The minimum absolute atomic E-state index is 0.202. The number of carbonyl (C=O) groups excluding carboxylic acids is 2. The average Bonchev–Trinajstić information content (AvgIpc) is 2.88. The van der Waals surface area contributed by atoms with Gasteiger partial charge < -0.3 is 20.5 Å². The minimum Gasteiger partial charge on any atom is -0.368 e. The van der Waals surface area contributed by atoms with Crippen molar-refractivity contribution in [1.82, 2.24) is 19.8 Å². The van der Waals surface area contributed by atoms with E-state index >= 15 is 0 Å². The molecule has 0 radical (unpaired) electrons. The summed E-state index contributed by atoms with van der Waals surface area (Å²) in [5, 5.41) is 2.76. The fourth-order valence-electron chi connectivity index (χ4n) is 3.67. The SMILES string of the molecule is CC(C)CC(NC(=O)c1nc(-c2ccc(F)cc2)n2c1CN(C)CCC2)C(N)=O. The first-order valence-electron chi connectivity index (χ1n) is 9.90. The first kappa shape index (κ1) is 21.0. The van der Waals surface area contributed by atoms with Crippen molar-refractivity contribution in [3.05, 3.63) is 41.5 Å². The van der Waals surface area contributed by atoms with Gasteiger partial charge in [-0.15, -0.1) is 0 Å². The van der Waals surface area contributed by atoms with E-state index in [4.69, 9.17) is 5.73 Å². The van der Waals surface area contributed by atoms with Gasteiger partial charge in [-0.2, -0.15) is 0 Å². The van der Waals surface area contributed by atoms with Crippen LogP contribution in [0.15, 0.2) is 24.3 Å². The smallest absolute Gasteiger partial charge is 0.272 e. The number of carbonyl (C=O) groups is 2. The van der Waals surface area contributed by atoms with Crippen LogP contribution in [0.1, 0.15) is 42.9 Å². The molecule has 0 spiro atoms. The molecule has 2 amide bonds. The largest absolute Gasteiger partial charge is 0.368 e. The molecular formula is C21H28FN5O2. The van der Waals surface area contributed by atoms with Gasteiger partial charge in [0.25, 0.3) is 5.91 Å². The van der Waals surface area contributed by atoms with Crippen LogP contribution in [0.5, 0.6) is 0 Å². The van der Waals surface area contributed by atoms with Crippen LogP contribution in [0.3, 0.4) is 0 Å². The van der Waals surface area contributed by atoms with Gasteiger partial charge in [-0.3, -0.25) is 9.59 Å². The first-order valence-corrected chi connectivity index (χ1v) is 9.90. The molecule has 3 N–H and O–H groups in total. The minimum atomic E-state index is -0.752. The Morgan fingerprint density at radius 2 is 1.93 bits per heavy atom. The van der Waals surface area contributed by atoms with Crippen molar-refractivity contribution >= 4 is 11.8 Å². The molecule has 1 unspecified atom stereocenters. The third kappa shape index (κ3) is 4.82. The molecule has 156 valence electrons. The van der Waals surface area contributed by atoms with Crippen LogP contribution in [0.2, 0.25) is 0 Å². The van der Waals surface area contributed by atoms with Crippen molar-refractivity contribution in [3.63, 3.8) is 0 Å². The number of imidazole rings is 1. The predicted octanol–water partition coefficient (Wildman–Crippen LogP) is 2.15. The lowest BCUT2D eigenvalue weighted by Crippen LogP contribution is -2.45. The number of primary amides is 1. The van der Waals surface area contributed by atoms with Crippen molar-refractivity contribution < 1.29 is 14.0 Å². The van der Waals surface area contributed by atoms with Gasteiger partial charge in [0.1, 0.15) is 17.7 Å². The highest BCUT2D eigenvalue weighted by atomic mass is 19.1. The Morgan fingerprint density at radius 3 is 2.55 bits per heavy atom. The molecule has 3 rings (SSSR count). The number of fused-ring (bicyclic) bond motifs is 1. The van der Waals surface area contributed by atoms with E-state index in [0.29, 0.717) is 25.3 Å². The molecule has 0 aliphatic carbocycles. The number of hydrogen-bond donors (Lipinski definition) is 2. The maximum Gasteiger partial charge on any atom is 0.272 e. The molecule has 1 atom stereocenters. The molecule has 0 fully saturated rings. The number of nitrogens with zero attached hydrogens (tertiary/aromatic N) is 3. The highest BCUT2D eigenvalue weighted by Gasteiger charge is 2.28. The summed E-state index contributed by atoms with van der Waals surface area (Å²) in [4.78, 5) is 31.6. The second-order valence-corrected chi connectivity index (χ2v) is 8.04. The summed E-state index contributed by atoms with van der Waals surface area (Å²) in [5.41, 5.74) is 7.30. The Bertz CT molecular complexity index is 891. The van der Waals surface area contributed by atoms with Crippen molar-refractivity contribution in [2.45, 2.75) is 45.8 Å². The fourth-order valence-corrected chi connectivity index (χ4v) is 3.67. The van der Waals surface area contributed by atoms with E-state index in [1.165, 1.54) is 12.1 Å². The first-order chi connectivity index (χ1) is 13.8. The fraction of sp³-hybridized carbons (Fsp3) is 0.476. The van der Waals surface area contributed by atoms with Crippen molar-refractivity contribution in [2.24, 2.45) is 11.7 Å². The van der Waals surface area contributed by atoms with Crippen LogP contribution in [0, 0.1) is 11.7 Å².